The Kier molecular flexibility index (Phi) is 5.08. The second kappa shape index (κ2) is 7.83. The molecular weight excluding hydrogens is 364 g/mol. The fraction of sp³-hybridized carbons (Fsp3) is 0.217. The fourth-order valence-electron chi connectivity index (χ4n) is 3.47. The van der Waals surface area contributed by atoms with Crippen LogP contribution >= 0.6 is 0 Å². The van der Waals surface area contributed by atoms with Crippen molar-refractivity contribution in [3.05, 3.63) is 83.3 Å². The number of aryl methyl sites for hydroxylation is 1. The van der Waals surface area contributed by atoms with Crippen LogP contribution in [0.1, 0.15) is 41.5 Å². The maximum absolute atomic E-state index is 12.4. The van der Waals surface area contributed by atoms with E-state index in [1.807, 2.05) is 56.3 Å². The largest absolute Gasteiger partial charge is 0.467 e. The molecule has 0 spiro atoms. The zero-order chi connectivity index (χ0) is 20.4. The number of carbonyl (C=O) groups is 1. The van der Waals surface area contributed by atoms with Crippen LogP contribution in [0.5, 0.6) is 0 Å². The molecule has 4 rings (SSSR count). The number of rotatable bonds is 6. The van der Waals surface area contributed by atoms with E-state index < -0.39 is 0 Å². The van der Waals surface area contributed by atoms with E-state index in [-0.39, 0.29) is 11.9 Å². The number of fused-ring (bicyclic) bond motifs is 1. The molecule has 0 fully saturated rings. The average Bonchev–Trinajstić information content (AvgIpc) is 3.42. The molecule has 0 aliphatic heterocycles. The molecule has 0 saturated carbocycles. The van der Waals surface area contributed by atoms with E-state index in [0.717, 1.165) is 39.6 Å². The van der Waals surface area contributed by atoms with Gasteiger partial charge in [0.25, 0.3) is 0 Å². The van der Waals surface area contributed by atoms with Gasteiger partial charge in [0.05, 0.1) is 29.9 Å². The summed E-state index contributed by atoms with van der Waals surface area (Å²) in [5, 5.41) is 2.96. The summed E-state index contributed by atoms with van der Waals surface area (Å²) in [6.07, 6.45) is 5.09. The van der Waals surface area contributed by atoms with E-state index in [0.29, 0.717) is 6.54 Å². The maximum atomic E-state index is 12.4. The Bertz CT molecular complexity index is 1130. The maximum Gasteiger partial charge on any atom is 0.244 e. The summed E-state index contributed by atoms with van der Waals surface area (Å²) in [5.41, 5.74) is 5.08. The lowest BCUT2D eigenvalue weighted by atomic mass is 10.2. The first-order chi connectivity index (χ1) is 14.0. The number of hydrogen-bond acceptors (Lipinski definition) is 3. The van der Waals surface area contributed by atoms with Gasteiger partial charge in [-0.15, -0.1) is 0 Å². The van der Waals surface area contributed by atoms with Crippen LogP contribution in [0, 0.1) is 13.8 Å². The number of imidazole rings is 1. The minimum atomic E-state index is -0.217. The summed E-state index contributed by atoms with van der Waals surface area (Å²) >= 11 is 0. The highest BCUT2D eigenvalue weighted by atomic mass is 16.3. The van der Waals surface area contributed by atoms with Crippen LogP contribution in [-0.2, 0) is 11.3 Å². The highest BCUT2D eigenvalue weighted by Crippen LogP contribution is 2.19. The van der Waals surface area contributed by atoms with E-state index >= 15 is 0 Å². The molecule has 1 amide bonds. The van der Waals surface area contributed by atoms with Crippen molar-refractivity contribution in [2.45, 2.75) is 33.4 Å². The summed E-state index contributed by atoms with van der Waals surface area (Å²) in [6.45, 7) is 6.69. The molecule has 0 aliphatic rings. The van der Waals surface area contributed by atoms with E-state index in [1.54, 1.807) is 12.3 Å². The van der Waals surface area contributed by atoms with Crippen molar-refractivity contribution in [2.24, 2.45) is 0 Å². The molecule has 4 aromatic rings. The highest BCUT2D eigenvalue weighted by Gasteiger charge is 2.13. The van der Waals surface area contributed by atoms with Crippen LogP contribution in [0.15, 0.2) is 59.2 Å². The molecule has 2 N–H and O–H groups in total. The molecule has 148 valence electrons. The second-order valence-electron chi connectivity index (χ2n) is 7.19. The van der Waals surface area contributed by atoms with Crippen molar-refractivity contribution >= 4 is 23.0 Å². The highest BCUT2D eigenvalue weighted by molar-refractivity contribution is 5.92. The molecular formula is C23H24N4O2. The van der Waals surface area contributed by atoms with Gasteiger partial charge >= 0.3 is 0 Å². The number of aromatic nitrogens is 3. The van der Waals surface area contributed by atoms with Gasteiger partial charge in [-0.3, -0.25) is 4.79 Å². The third-order valence-electron chi connectivity index (χ3n) is 5.10. The Morgan fingerprint density at radius 1 is 1.28 bits per heavy atom. The third kappa shape index (κ3) is 4.01. The van der Waals surface area contributed by atoms with Gasteiger partial charge in [-0.2, -0.15) is 0 Å². The van der Waals surface area contributed by atoms with Crippen LogP contribution in [-0.4, -0.2) is 20.4 Å². The second-order valence-corrected chi connectivity index (χ2v) is 7.19. The standard InChI is InChI=1S/C23H24N4O2/c1-15-13-18(17(3)27(15)14-19-7-6-12-29-19)10-11-22(28)24-16(2)23-25-20-8-4-5-9-21(20)26-23/h4-13,16H,14H2,1-3H3,(H,24,28)(H,25,26). The molecule has 1 unspecified atom stereocenters. The van der Waals surface area contributed by atoms with Crippen molar-refractivity contribution in [1.29, 1.82) is 0 Å². The topological polar surface area (TPSA) is 75.8 Å². The van der Waals surface area contributed by atoms with Crippen LogP contribution < -0.4 is 5.32 Å². The molecule has 0 radical (unpaired) electrons. The number of aromatic amines is 1. The van der Waals surface area contributed by atoms with Gasteiger partial charge in [-0.05, 0) is 62.7 Å². The van der Waals surface area contributed by atoms with Gasteiger partial charge in [0.1, 0.15) is 11.6 Å². The lowest BCUT2D eigenvalue weighted by Gasteiger charge is -2.09. The third-order valence-corrected chi connectivity index (χ3v) is 5.10. The van der Waals surface area contributed by atoms with Crippen LogP contribution in [0.25, 0.3) is 17.1 Å². The zero-order valence-electron chi connectivity index (χ0n) is 16.8. The van der Waals surface area contributed by atoms with E-state index in [9.17, 15) is 4.79 Å². The molecule has 0 saturated heterocycles. The number of nitrogens with zero attached hydrogens (tertiary/aromatic N) is 2. The van der Waals surface area contributed by atoms with Crippen LogP contribution in [0.4, 0.5) is 0 Å². The van der Waals surface area contributed by atoms with Crippen molar-refractivity contribution in [1.82, 2.24) is 19.9 Å². The van der Waals surface area contributed by atoms with Crippen LogP contribution in [0.2, 0.25) is 0 Å². The monoisotopic (exact) mass is 388 g/mol. The summed E-state index contributed by atoms with van der Waals surface area (Å²) in [5.74, 6) is 1.48. The molecule has 29 heavy (non-hydrogen) atoms. The summed E-state index contributed by atoms with van der Waals surface area (Å²) in [4.78, 5) is 20.2. The quantitative estimate of drug-likeness (QED) is 0.477. The Hall–Kier alpha value is -3.54. The number of para-hydroxylation sites is 2. The summed E-state index contributed by atoms with van der Waals surface area (Å²) in [6, 6.07) is 13.5. The van der Waals surface area contributed by atoms with Crippen molar-refractivity contribution in [3.8, 4) is 0 Å². The number of hydrogen-bond donors (Lipinski definition) is 2. The first kappa shape index (κ1) is 18.8. The lowest BCUT2D eigenvalue weighted by molar-refractivity contribution is -0.117. The Morgan fingerprint density at radius 2 is 2.10 bits per heavy atom. The minimum absolute atomic E-state index is 0.159. The van der Waals surface area contributed by atoms with Gasteiger partial charge in [0.2, 0.25) is 5.91 Å². The van der Waals surface area contributed by atoms with Gasteiger partial charge in [-0.1, -0.05) is 12.1 Å². The predicted molar refractivity (Wildman–Crippen MR) is 113 cm³/mol. The van der Waals surface area contributed by atoms with Gasteiger partial charge in [0, 0.05) is 17.5 Å². The number of furan rings is 1. The SMILES string of the molecule is Cc1cc(C=CC(=O)NC(C)c2nc3ccccc3[nH]2)c(C)n1Cc1ccco1. The molecule has 6 nitrogen and oxygen atoms in total. The summed E-state index contributed by atoms with van der Waals surface area (Å²) < 4.78 is 7.62. The number of nitrogens with one attached hydrogen (secondary N) is 2. The number of benzene rings is 1. The molecule has 1 aromatic carbocycles. The molecule has 3 heterocycles. The average molecular weight is 388 g/mol. The normalized spacial score (nSPS) is 12.7. The molecule has 6 heteroatoms. The zero-order valence-corrected chi connectivity index (χ0v) is 16.8. The number of H-pyrrole nitrogens is 1. The molecule has 3 aromatic heterocycles. The fourth-order valence-corrected chi connectivity index (χ4v) is 3.47. The number of carbonyl (C=O) groups excluding carboxylic acids is 1. The van der Waals surface area contributed by atoms with E-state index in [2.05, 4.69) is 32.8 Å². The Morgan fingerprint density at radius 3 is 2.86 bits per heavy atom. The van der Waals surface area contributed by atoms with Crippen molar-refractivity contribution in [3.63, 3.8) is 0 Å². The molecule has 1 atom stereocenters. The Labute approximate surface area is 169 Å². The van der Waals surface area contributed by atoms with Gasteiger partial charge in [0.15, 0.2) is 0 Å². The minimum Gasteiger partial charge on any atom is -0.467 e. The predicted octanol–water partition coefficient (Wildman–Crippen LogP) is 4.51. The van der Waals surface area contributed by atoms with Crippen molar-refractivity contribution < 1.29 is 9.21 Å². The smallest absolute Gasteiger partial charge is 0.244 e. The molecule has 0 aliphatic carbocycles. The van der Waals surface area contributed by atoms with E-state index in [1.165, 1.54) is 0 Å². The number of amides is 1. The Balaban J connectivity index is 1.44. The van der Waals surface area contributed by atoms with E-state index in [4.69, 9.17) is 4.42 Å². The molecule has 0 bridgehead atoms. The van der Waals surface area contributed by atoms with Crippen molar-refractivity contribution in [2.75, 3.05) is 0 Å². The summed E-state index contributed by atoms with van der Waals surface area (Å²) in [7, 11) is 0. The van der Waals surface area contributed by atoms with Gasteiger partial charge < -0.3 is 19.3 Å². The first-order valence-corrected chi connectivity index (χ1v) is 9.63. The van der Waals surface area contributed by atoms with Crippen LogP contribution in [0.3, 0.4) is 0 Å². The van der Waals surface area contributed by atoms with Gasteiger partial charge in [-0.25, -0.2) is 4.98 Å². The first-order valence-electron chi connectivity index (χ1n) is 9.63. The lowest BCUT2D eigenvalue weighted by Crippen LogP contribution is -2.25.